The Kier molecular flexibility index (Phi) is 5.88. The van der Waals surface area contributed by atoms with Crippen molar-refractivity contribution >= 4 is 29.1 Å². The number of piperidine rings is 1. The molecule has 0 atom stereocenters. The summed E-state index contributed by atoms with van der Waals surface area (Å²) in [7, 11) is 1.55. The van der Waals surface area contributed by atoms with Crippen molar-refractivity contribution in [1.29, 1.82) is 0 Å². The van der Waals surface area contributed by atoms with Crippen LogP contribution in [0.2, 0.25) is 5.02 Å². The number of ether oxygens (including phenoxy) is 1. The van der Waals surface area contributed by atoms with Gasteiger partial charge in [0.15, 0.2) is 0 Å². The van der Waals surface area contributed by atoms with Crippen LogP contribution in [-0.4, -0.2) is 36.9 Å². The normalized spacial score (nSPS) is 15.6. The first-order valence-electron chi connectivity index (χ1n) is 7.85. The Morgan fingerprint density at radius 2 is 1.96 bits per heavy atom. The van der Waals surface area contributed by atoms with E-state index in [1.54, 1.807) is 25.3 Å². The van der Waals surface area contributed by atoms with Crippen LogP contribution in [0.25, 0.3) is 0 Å². The van der Waals surface area contributed by atoms with Crippen molar-refractivity contribution in [3.8, 4) is 5.75 Å². The maximum atomic E-state index is 12.4. The highest BCUT2D eigenvalue weighted by atomic mass is 35.5. The molecule has 1 aromatic rings. The highest BCUT2D eigenvalue weighted by molar-refractivity contribution is 6.31. The monoisotopic (exact) mass is 338 g/mol. The summed E-state index contributed by atoms with van der Waals surface area (Å²) in [4.78, 5) is 26.3. The summed E-state index contributed by atoms with van der Waals surface area (Å²) in [6.45, 7) is 5.04. The Balaban J connectivity index is 1.96. The third kappa shape index (κ3) is 4.38. The van der Waals surface area contributed by atoms with E-state index < -0.39 is 0 Å². The molecule has 1 saturated heterocycles. The lowest BCUT2D eigenvalue weighted by Crippen LogP contribution is -2.43. The Morgan fingerprint density at radius 1 is 1.30 bits per heavy atom. The van der Waals surface area contributed by atoms with Crippen molar-refractivity contribution in [2.45, 2.75) is 26.7 Å². The fourth-order valence-corrected chi connectivity index (χ4v) is 2.91. The molecular formula is C17H23ClN2O3. The van der Waals surface area contributed by atoms with Crippen LogP contribution in [0.5, 0.6) is 5.75 Å². The standard InChI is InChI=1S/C17H23ClN2O3/c1-11(2)17(22)20-8-6-12(7-9-20)16(21)19-14-10-13(18)4-5-15(14)23-3/h4-5,10-12H,6-9H2,1-3H3,(H,19,21). The summed E-state index contributed by atoms with van der Waals surface area (Å²) in [5.74, 6) is 0.573. The molecule has 5 nitrogen and oxygen atoms in total. The number of halogens is 1. The van der Waals surface area contributed by atoms with Gasteiger partial charge in [0.05, 0.1) is 12.8 Å². The summed E-state index contributed by atoms with van der Waals surface area (Å²) in [6, 6.07) is 5.11. The molecule has 1 N–H and O–H groups in total. The highest BCUT2D eigenvalue weighted by Crippen LogP contribution is 2.29. The third-order valence-electron chi connectivity index (χ3n) is 4.09. The first-order chi connectivity index (χ1) is 10.9. The van der Waals surface area contributed by atoms with Crippen LogP contribution in [0.4, 0.5) is 5.69 Å². The molecule has 1 aliphatic rings. The van der Waals surface area contributed by atoms with E-state index in [4.69, 9.17) is 16.3 Å². The van der Waals surface area contributed by atoms with E-state index in [1.165, 1.54) is 0 Å². The van der Waals surface area contributed by atoms with Crippen molar-refractivity contribution < 1.29 is 14.3 Å². The smallest absolute Gasteiger partial charge is 0.227 e. The van der Waals surface area contributed by atoms with Gasteiger partial charge in [0.25, 0.3) is 0 Å². The number of rotatable bonds is 4. The van der Waals surface area contributed by atoms with Crippen molar-refractivity contribution in [3.05, 3.63) is 23.2 Å². The minimum atomic E-state index is -0.102. The van der Waals surface area contributed by atoms with Crippen LogP contribution in [-0.2, 0) is 9.59 Å². The van der Waals surface area contributed by atoms with Crippen LogP contribution < -0.4 is 10.1 Å². The van der Waals surface area contributed by atoms with E-state index in [-0.39, 0.29) is 23.7 Å². The second-order valence-corrected chi connectivity index (χ2v) is 6.52. The fraction of sp³-hybridized carbons (Fsp3) is 0.529. The zero-order valence-electron chi connectivity index (χ0n) is 13.8. The fourth-order valence-electron chi connectivity index (χ4n) is 2.74. The summed E-state index contributed by atoms with van der Waals surface area (Å²) < 4.78 is 5.24. The maximum absolute atomic E-state index is 12.4. The van der Waals surface area contributed by atoms with Crippen LogP contribution >= 0.6 is 11.6 Å². The number of amides is 2. The van der Waals surface area contributed by atoms with Gasteiger partial charge in [-0.15, -0.1) is 0 Å². The van der Waals surface area contributed by atoms with Gasteiger partial charge in [-0.2, -0.15) is 0 Å². The van der Waals surface area contributed by atoms with E-state index in [1.807, 2.05) is 18.7 Å². The molecular weight excluding hydrogens is 316 g/mol. The van der Waals surface area contributed by atoms with Gasteiger partial charge in [-0.3, -0.25) is 9.59 Å². The first-order valence-corrected chi connectivity index (χ1v) is 8.23. The molecule has 1 aromatic carbocycles. The number of hydrogen-bond donors (Lipinski definition) is 1. The molecule has 6 heteroatoms. The molecule has 1 aliphatic heterocycles. The zero-order valence-corrected chi connectivity index (χ0v) is 14.5. The van der Waals surface area contributed by atoms with Gasteiger partial charge in [-0.1, -0.05) is 25.4 Å². The lowest BCUT2D eigenvalue weighted by atomic mass is 9.95. The lowest BCUT2D eigenvalue weighted by Gasteiger charge is -2.32. The van der Waals surface area contributed by atoms with Gasteiger partial charge in [-0.25, -0.2) is 0 Å². The number of benzene rings is 1. The molecule has 1 heterocycles. The van der Waals surface area contributed by atoms with Crippen LogP contribution in [0.3, 0.4) is 0 Å². The Hall–Kier alpha value is -1.75. The molecule has 0 saturated carbocycles. The predicted molar refractivity (Wildman–Crippen MR) is 90.8 cm³/mol. The minimum absolute atomic E-state index is 0.00361. The molecule has 0 radical (unpaired) electrons. The number of likely N-dealkylation sites (tertiary alicyclic amines) is 1. The summed E-state index contributed by atoms with van der Waals surface area (Å²) >= 11 is 5.98. The van der Waals surface area contributed by atoms with Gasteiger partial charge in [0.1, 0.15) is 5.75 Å². The maximum Gasteiger partial charge on any atom is 0.227 e. The number of anilines is 1. The second kappa shape index (κ2) is 7.68. The molecule has 0 aliphatic carbocycles. The van der Waals surface area contributed by atoms with Crippen molar-refractivity contribution in [3.63, 3.8) is 0 Å². The number of carbonyl (C=O) groups is 2. The molecule has 1 fully saturated rings. The van der Waals surface area contributed by atoms with E-state index in [9.17, 15) is 9.59 Å². The van der Waals surface area contributed by atoms with Gasteiger partial charge in [-0.05, 0) is 31.0 Å². The van der Waals surface area contributed by atoms with Crippen LogP contribution in [0.15, 0.2) is 18.2 Å². The second-order valence-electron chi connectivity index (χ2n) is 6.09. The topological polar surface area (TPSA) is 58.6 Å². The van der Waals surface area contributed by atoms with E-state index >= 15 is 0 Å². The summed E-state index contributed by atoms with van der Waals surface area (Å²) in [5, 5.41) is 3.43. The Morgan fingerprint density at radius 3 is 2.52 bits per heavy atom. The molecule has 0 bridgehead atoms. The van der Waals surface area contributed by atoms with E-state index in [2.05, 4.69) is 5.32 Å². The molecule has 0 spiro atoms. The molecule has 126 valence electrons. The summed E-state index contributed by atoms with van der Waals surface area (Å²) in [5.41, 5.74) is 0.575. The Labute approximate surface area is 141 Å². The predicted octanol–water partition coefficient (Wildman–Crippen LogP) is 3.18. The van der Waals surface area contributed by atoms with Crippen molar-refractivity contribution in [1.82, 2.24) is 4.90 Å². The molecule has 23 heavy (non-hydrogen) atoms. The molecule has 0 aromatic heterocycles. The highest BCUT2D eigenvalue weighted by Gasteiger charge is 2.28. The van der Waals surface area contributed by atoms with Gasteiger partial charge in [0.2, 0.25) is 11.8 Å². The molecule has 0 unspecified atom stereocenters. The number of nitrogens with one attached hydrogen (secondary N) is 1. The average Bonchev–Trinajstić information content (AvgIpc) is 2.54. The lowest BCUT2D eigenvalue weighted by molar-refractivity contribution is -0.137. The number of methoxy groups -OCH3 is 1. The number of carbonyl (C=O) groups excluding carboxylic acids is 2. The number of hydrogen-bond acceptors (Lipinski definition) is 3. The number of nitrogens with zero attached hydrogens (tertiary/aromatic N) is 1. The van der Waals surface area contributed by atoms with Crippen molar-refractivity contribution in [2.75, 3.05) is 25.5 Å². The first kappa shape index (κ1) is 17.6. The molecule has 2 amide bonds. The van der Waals surface area contributed by atoms with E-state index in [0.717, 1.165) is 0 Å². The Bertz CT molecular complexity index is 581. The minimum Gasteiger partial charge on any atom is -0.495 e. The van der Waals surface area contributed by atoms with E-state index in [0.29, 0.717) is 42.4 Å². The van der Waals surface area contributed by atoms with Gasteiger partial charge in [0, 0.05) is 29.9 Å². The molecule has 2 rings (SSSR count). The quantitative estimate of drug-likeness (QED) is 0.917. The van der Waals surface area contributed by atoms with Gasteiger partial charge >= 0.3 is 0 Å². The SMILES string of the molecule is COc1ccc(Cl)cc1NC(=O)C1CCN(C(=O)C(C)C)CC1. The van der Waals surface area contributed by atoms with Crippen LogP contribution in [0, 0.1) is 11.8 Å². The third-order valence-corrected chi connectivity index (χ3v) is 4.33. The van der Waals surface area contributed by atoms with Crippen LogP contribution in [0.1, 0.15) is 26.7 Å². The summed E-state index contributed by atoms with van der Waals surface area (Å²) in [6.07, 6.45) is 1.35. The van der Waals surface area contributed by atoms with Gasteiger partial charge < -0.3 is 15.0 Å². The van der Waals surface area contributed by atoms with Crippen molar-refractivity contribution in [2.24, 2.45) is 11.8 Å². The zero-order chi connectivity index (χ0) is 17.0. The average molecular weight is 339 g/mol. The largest absolute Gasteiger partial charge is 0.495 e.